The average Bonchev–Trinajstić information content (AvgIpc) is 2.41. The van der Waals surface area contributed by atoms with E-state index in [4.69, 9.17) is 5.73 Å². The summed E-state index contributed by atoms with van der Waals surface area (Å²) >= 11 is 0. The highest BCUT2D eigenvalue weighted by atomic mass is 16.1. The minimum Gasteiger partial charge on any atom is -0.399 e. The summed E-state index contributed by atoms with van der Waals surface area (Å²) < 4.78 is 0. The second-order valence-corrected chi connectivity index (χ2v) is 5.20. The SMILES string of the molecule is Cc1ccc(NC(=O)C(C)c2cccc(N)c2)c(C)c1. The van der Waals surface area contributed by atoms with Crippen molar-refractivity contribution in [2.75, 3.05) is 11.1 Å². The number of benzene rings is 2. The molecule has 0 saturated carbocycles. The van der Waals surface area contributed by atoms with E-state index in [-0.39, 0.29) is 11.8 Å². The fraction of sp³-hybridized carbons (Fsp3) is 0.235. The van der Waals surface area contributed by atoms with Crippen LogP contribution in [0, 0.1) is 13.8 Å². The van der Waals surface area contributed by atoms with Crippen LogP contribution >= 0.6 is 0 Å². The van der Waals surface area contributed by atoms with Crippen LogP contribution in [0.25, 0.3) is 0 Å². The summed E-state index contributed by atoms with van der Waals surface area (Å²) in [7, 11) is 0. The fourth-order valence-corrected chi connectivity index (χ4v) is 2.17. The number of nitrogens with two attached hydrogens (primary N) is 1. The first-order chi connectivity index (χ1) is 9.47. The van der Waals surface area contributed by atoms with Crippen LogP contribution in [0.3, 0.4) is 0 Å². The molecule has 0 bridgehead atoms. The maximum atomic E-state index is 12.3. The first-order valence-corrected chi connectivity index (χ1v) is 6.71. The van der Waals surface area contributed by atoms with Gasteiger partial charge in [-0.2, -0.15) is 0 Å². The first-order valence-electron chi connectivity index (χ1n) is 6.71. The van der Waals surface area contributed by atoms with Crippen molar-refractivity contribution < 1.29 is 4.79 Å². The van der Waals surface area contributed by atoms with Gasteiger partial charge in [0.25, 0.3) is 0 Å². The molecule has 0 fully saturated rings. The van der Waals surface area contributed by atoms with E-state index in [9.17, 15) is 4.79 Å². The predicted molar refractivity (Wildman–Crippen MR) is 83.8 cm³/mol. The number of hydrogen-bond acceptors (Lipinski definition) is 2. The maximum Gasteiger partial charge on any atom is 0.231 e. The van der Waals surface area contributed by atoms with Crippen LogP contribution in [-0.4, -0.2) is 5.91 Å². The Hall–Kier alpha value is -2.29. The highest BCUT2D eigenvalue weighted by Crippen LogP contribution is 2.22. The first kappa shape index (κ1) is 14.1. The summed E-state index contributed by atoms with van der Waals surface area (Å²) in [6.07, 6.45) is 0. The van der Waals surface area contributed by atoms with Gasteiger partial charge in [0.2, 0.25) is 5.91 Å². The van der Waals surface area contributed by atoms with E-state index in [0.29, 0.717) is 5.69 Å². The van der Waals surface area contributed by atoms with Gasteiger partial charge < -0.3 is 11.1 Å². The van der Waals surface area contributed by atoms with Crippen molar-refractivity contribution in [2.45, 2.75) is 26.7 Å². The van der Waals surface area contributed by atoms with Crippen LogP contribution < -0.4 is 11.1 Å². The fourth-order valence-electron chi connectivity index (χ4n) is 2.17. The number of carbonyl (C=O) groups excluding carboxylic acids is 1. The molecule has 104 valence electrons. The zero-order valence-electron chi connectivity index (χ0n) is 12.1. The quantitative estimate of drug-likeness (QED) is 0.835. The van der Waals surface area contributed by atoms with E-state index >= 15 is 0 Å². The molecule has 1 atom stereocenters. The van der Waals surface area contributed by atoms with Crippen molar-refractivity contribution in [2.24, 2.45) is 0 Å². The molecule has 1 amide bonds. The highest BCUT2D eigenvalue weighted by Gasteiger charge is 2.16. The molecule has 0 aliphatic heterocycles. The van der Waals surface area contributed by atoms with E-state index in [0.717, 1.165) is 16.8 Å². The Morgan fingerprint density at radius 1 is 1.15 bits per heavy atom. The van der Waals surface area contributed by atoms with Crippen molar-refractivity contribution in [3.63, 3.8) is 0 Å². The number of rotatable bonds is 3. The molecule has 20 heavy (non-hydrogen) atoms. The standard InChI is InChI=1S/C17H20N2O/c1-11-7-8-16(12(2)9-11)19-17(20)13(3)14-5-4-6-15(18)10-14/h4-10,13H,18H2,1-3H3,(H,19,20). The van der Waals surface area contributed by atoms with Gasteiger partial charge >= 0.3 is 0 Å². The maximum absolute atomic E-state index is 12.3. The second-order valence-electron chi connectivity index (χ2n) is 5.20. The third-order valence-corrected chi connectivity index (χ3v) is 3.44. The van der Waals surface area contributed by atoms with Gasteiger partial charge in [0.15, 0.2) is 0 Å². The van der Waals surface area contributed by atoms with E-state index in [1.54, 1.807) is 0 Å². The summed E-state index contributed by atoms with van der Waals surface area (Å²) in [5.41, 5.74) is 10.5. The van der Waals surface area contributed by atoms with Crippen LogP contribution in [0.1, 0.15) is 29.5 Å². The summed E-state index contributed by atoms with van der Waals surface area (Å²) in [5, 5.41) is 2.98. The number of anilines is 2. The molecule has 2 aromatic rings. The monoisotopic (exact) mass is 268 g/mol. The lowest BCUT2D eigenvalue weighted by Gasteiger charge is -2.14. The van der Waals surface area contributed by atoms with Gasteiger partial charge in [0.05, 0.1) is 5.92 Å². The smallest absolute Gasteiger partial charge is 0.231 e. The number of amides is 1. The number of aryl methyl sites for hydroxylation is 2. The summed E-state index contributed by atoms with van der Waals surface area (Å²) in [5.74, 6) is -0.262. The molecule has 0 heterocycles. The molecule has 0 aliphatic rings. The number of hydrogen-bond donors (Lipinski definition) is 2. The number of nitrogen functional groups attached to an aromatic ring is 1. The molecule has 0 saturated heterocycles. The molecule has 0 aromatic heterocycles. The Kier molecular flexibility index (Phi) is 4.08. The second kappa shape index (κ2) is 5.78. The van der Waals surface area contributed by atoms with E-state index < -0.39 is 0 Å². The van der Waals surface area contributed by atoms with Crippen LogP contribution in [0.15, 0.2) is 42.5 Å². The molecule has 3 heteroatoms. The largest absolute Gasteiger partial charge is 0.399 e. The van der Waals surface area contributed by atoms with Crippen molar-refractivity contribution in [1.29, 1.82) is 0 Å². The third kappa shape index (κ3) is 3.18. The Morgan fingerprint density at radius 2 is 1.90 bits per heavy atom. The van der Waals surface area contributed by atoms with Gasteiger partial charge in [-0.25, -0.2) is 0 Å². The van der Waals surface area contributed by atoms with Gasteiger partial charge in [-0.15, -0.1) is 0 Å². The van der Waals surface area contributed by atoms with Crippen molar-refractivity contribution in [3.05, 3.63) is 59.2 Å². The van der Waals surface area contributed by atoms with Crippen molar-refractivity contribution in [3.8, 4) is 0 Å². The van der Waals surface area contributed by atoms with Crippen molar-refractivity contribution in [1.82, 2.24) is 0 Å². The Balaban J connectivity index is 2.15. The zero-order chi connectivity index (χ0) is 14.7. The van der Waals surface area contributed by atoms with Crippen LogP contribution in [0.2, 0.25) is 0 Å². The number of nitrogens with one attached hydrogen (secondary N) is 1. The molecular formula is C17H20N2O. The lowest BCUT2D eigenvalue weighted by Crippen LogP contribution is -2.19. The Morgan fingerprint density at radius 3 is 2.55 bits per heavy atom. The highest BCUT2D eigenvalue weighted by molar-refractivity contribution is 5.96. The minimum atomic E-state index is -0.237. The van der Waals surface area contributed by atoms with E-state index in [1.165, 1.54) is 5.56 Å². The normalized spacial score (nSPS) is 11.9. The molecule has 0 radical (unpaired) electrons. The lowest BCUT2D eigenvalue weighted by atomic mass is 9.99. The van der Waals surface area contributed by atoms with Gasteiger partial charge in [-0.05, 0) is 50.1 Å². The lowest BCUT2D eigenvalue weighted by molar-refractivity contribution is -0.117. The molecule has 2 rings (SSSR count). The molecule has 1 unspecified atom stereocenters. The summed E-state index contributed by atoms with van der Waals surface area (Å²) in [4.78, 5) is 12.3. The van der Waals surface area contributed by atoms with Crippen molar-refractivity contribution >= 4 is 17.3 Å². The van der Waals surface area contributed by atoms with Gasteiger partial charge in [-0.3, -0.25) is 4.79 Å². The predicted octanol–water partition coefficient (Wildman–Crippen LogP) is 3.63. The average molecular weight is 268 g/mol. The van der Waals surface area contributed by atoms with Gasteiger partial charge in [0, 0.05) is 11.4 Å². The summed E-state index contributed by atoms with van der Waals surface area (Å²) in [6.45, 7) is 5.91. The molecule has 3 N–H and O–H groups in total. The van der Waals surface area contributed by atoms with E-state index in [1.807, 2.05) is 57.2 Å². The topological polar surface area (TPSA) is 55.1 Å². The van der Waals surface area contributed by atoms with Crippen LogP contribution in [-0.2, 0) is 4.79 Å². The zero-order valence-corrected chi connectivity index (χ0v) is 12.1. The molecular weight excluding hydrogens is 248 g/mol. The minimum absolute atomic E-state index is 0.0254. The van der Waals surface area contributed by atoms with Crippen LogP contribution in [0.4, 0.5) is 11.4 Å². The van der Waals surface area contributed by atoms with Gasteiger partial charge in [-0.1, -0.05) is 29.8 Å². The Labute approximate surface area is 119 Å². The molecule has 3 nitrogen and oxygen atoms in total. The van der Waals surface area contributed by atoms with E-state index in [2.05, 4.69) is 11.4 Å². The molecule has 0 spiro atoms. The number of carbonyl (C=O) groups is 1. The Bertz CT molecular complexity index is 635. The summed E-state index contributed by atoms with van der Waals surface area (Å²) in [6, 6.07) is 13.4. The van der Waals surface area contributed by atoms with Gasteiger partial charge in [0.1, 0.15) is 0 Å². The molecule has 0 aliphatic carbocycles. The molecule has 2 aromatic carbocycles. The third-order valence-electron chi connectivity index (χ3n) is 3.44. The van der Waals surface area contributed by atoms with Crippen LogP contribution in [0.5, 0.6) is 0 Å².